The molecule has 0 saturated heterocycles. The number of hydrogen-bond acceptors (Lipinski definition) is 10. The maximum absolute atomic E-state index is 13.7. The van der Waals surface area contributed by atoms with Crippen LogP contribution >= 0.6 is 0 Å². The normalized spacial score (nSPS) is 17.4. The minimum Gasteiger partial charge on any atom is -0.344 e. The fourth-order valence-electron chi connectivity index (χ4n) is 5.66. The Hall–Kier alpha value is -3.95. The van der Waals surface area contributed by atoms with Gasteiger partial charge in [-0.2, -0.15) is 66.6 Å². The first kappa shape index (κ1) is 49.2. The highest BCUT2D eigenvalue weighted by atomic mass is 32.2. The van der Waals surface area contributed by atoms with E-state index in [4.69, 9.17) is 5.26 Å². The molecule has 1 saturated carbocycles. The van der Waals surface area contributed by atoms with E-state index >= 15 is 0 Å². The minimum atomic E-state index is -5.85. The molecule has 1 aliphatic rings. The summed E-state index contributed by atoms with van der Waals surface area (Å²) in [6.07, 6.45) is -22.7. The SMILES string of the molecule is Cc1ccc(S(=O)(=O)OCCN(CCN(CCN(CC(CC2CCC(NOO)CC2)NC(=O)C(F)(F)F)C(=O)C(F)(F)F)C(=O)C(F)(F)F)C(=O)C(F)(F)F)cc1. The Balaban J connectivity index is 2.35. The van der Waals surface area contributed by atoms with E-state index in [-0.39, 0.29) is 40.4 Å². The highest BCUT2D eigenvalue weighted by Crippen LogP contribution is 2.30. The molecule has 0 spiro atoms. The van der Waals surface area contributed by atoms with Crippen molar-refractivity contribution in [2.45, 2.75) is 80.7 Å². The van der Waals surface area contributed by atoms with Gasteiger partial charge in [0.2, 0.25) is 0 Å². The fraction of sp³-hybridized carbons (Fsp3) is 0.667. The lowest BCUT2D eigenvalue weighted by Gasteiger charge is -2.35. The topological polar surface area (TPSA) is 175 Å². The molecule has 57 heavy (non-hydrogen) atoms. The minimum absolute atomic E-state index is 0.149. The standard InChI is InChI=1S/C30H37F12N5O9S/c1-18-2-8-22(9-3-18)57(53,54)55-15-14-46(25(50)29(37,38)39)11-10-45(24(49)28(34,35)36)12-13-47(26(51)30(40,41)42)17-21(43-23(48)27(31,32)33)16-19-4-6-20(7-5-19)44-56-52/h2-3,8-9,19-21,44,52H,4-7,10-17H2,1H3,(H,43,48). The number of alkyl halides is 12. The molecule has 3 N–H and O–H groups in total. The highest BCUT2D eigenvalue weighted by Gasteiger charge is 2.47. The summed E-state index contributed by atoms with van der Waals surface area (Å²) in [5.74, 6) is -11.7. The molecule has 1 aliphatic carbocycles. The monoisotopic (exact) mass is 871 g/mol. The van der Waals surface area contributed by atoms with Gasteiger partial charge in [0.05, 0.1) is 11.5 Å². The zero-order valence-corrected chi connectivity index (χ0v) is 30.3. The van der Waals surface area contributed by atoms with Gasteiger partial charge in [0.25, 0.3) is 10.1 Å². The van der Waals surface area contributed by atoms with Crippen molar-refractivity contribution in [3.8, 4) is 0 Å². The molecule has 2 rings (SSSR count). The Bertz CT molecular complexity index is 1620. The van der Waals surface area contributed by atoms with Crippen LogP contribution in [0.5, 0.6) is 0 Å². The number of amides is 4. The summed E-state index contributed by atoms with van der Waals surface area (Å²) in [6.45, 7) is -8.32. The summed E-state index contributed by atoms with van der Waals surface area (Å²) in [5, 5.41) is 9.99. The summed E-state index contributed by atoms with van der Waals surface area (Å²) < 4.78 is 191. The van der Waals surface area contributed by atoms with Gasteiger partial charge < -0.3 is 20.0 Å². The van der Waals surface area contributed by atoms with E-state index in [0.29, 0.717) is 5.56 Å². The number of hydroxylamine groups is 1. The molecule has 0 heterocycles. The molecule has 0 radical (unpaired) electrons. The summed E-state index contributed by atoms with van der Waals surface area (Å²) >= 11 is 0. The predicted octanol–water partition coefficient (Wildman–Crippen LogP) is 3.86. The van der Waals surface area contributed by atoms with Gasteiger partial charge in [-0.15, -0.1) is 4.99 Å². The molecule has 27 heteroatoms. The molecule has 1 aromatic carbocycles. The molecule has 1 unspecified atom stereocenters. The van der Waals surface area contributed by atoms with E-state index < -0.39 is 134 Å². The number of aryl methyl sites for hydroxylation is 1. The molecular weight excluding hydrogens is 834 g/mol. The van der Waals surface area contributed by atoms with Gasteiger partial charge in [-0.25, -0.2) is 5.26 Å². The smallest absolute Gasteiger partial charge is 0.344 e. The maximum atomic E-state index is 13.7. The van der Waals surface area contributed by atoms with Crippen LogP contribution in [0.3, 0.4) is 0 Å². The largest absolute Gasteiger partial charge is 0.471 e. The molecule has 0 aliphatic heterocycles. The van der Waals surface area contributed by atoms with Crippen LogP contribution in [0.2, 0.25) is 0 Å². The van der Waals surface area contributed by atoms with E-state index in [1.165, 1.54) is 17.4 Å². The molecule has 0 aromatic heterocycles. The Kier molecular flexibility index (Phi) is 17.4. The Morgan fingerprint density at radius 1 is 0.719 bits per heavy atom. The average molecular weight is 872 g/mol. The van der Waals surface area contributed by atoms with E-state index in [9.17, 15) is 80.3 Å². The molecule has 1 aromatic rings. The Morgan fingerprint density at radius 2 is 1.16 bits per heavy atom. The molecule has 1 atom stereocenters. The van der Waals surface area contributed by atoms with Crippen LogP contribution in [-0.2, 0) is 38.5 Å². The number of benzene rings is 1. The molecule has 0 bridgehead atoms. The van der Waals surface area contributed by atoms with Crippen LogP contribution < -0.4 is 10.8 Å². The van der Waals surface area contributed by atoms with Gasteiger partial charge in [0.15, 0.2) is 0 Å². The van der Waals surface area contributed by atoms with Crippen LogP contribution in [0, 0.1) is 12.8 Å². The van der Waals surface area contributed by atoms with Gasteiger partial charge in [0.1, 0.15) is 0 Å². The van der Waals surface area contributed by atoms with Crippen molar-refractivity contribution in [3.63, 3.8) is 0 Å². The maximum Gasteiger partial charge on any atom is 0.471 e. The van der Waals surface area contributed by atoms with E-state index in [1.54, 1.807) is 6.92 Å². The van der Waals surface area contributed by atoms with Crippen molar-refractivity contribution < 1.29 is 94.7 Å². The number of hydrogen-bond donors (Lipinski definition) is 3. The zero-order chi connectivity index (χ0) is 43.6. The van der Waals surface area contributed by atoms with Crippen molar-refractivity contribution in [1.82, 2.24) is 25.5 Å². The first-order valence-electron chi connectivity index (χ1n) is 16.5. The third-order valence-corrected chi connectivity index (χ3v) is 9.82. The second kappa shape index (κ2) is 20.1. The third-order valence-electron chi connectivity index (χ3n) is 8.50. The summed E-state index contributed by atoms with van der Waals surface area (Å²) in [7, 11) is -4.64. The number of halogens is 12. The molecular formula is C30H37F12N5O9S. The molecule has 1 fully saturated rings. The lowest BCUT2D eigenvalue weighted by molar-refractivity contribution is -0.301. The highest BCUT2D eigenvalue weighted by molar-refractivity contribution is 7.86. The van der Waals surface area contributed by atoms with Crippen LogP contribution in [-0.4, -0.2) is 135 Å². The quantitative estimate of drug-likeness (QED) is 0.0851. The number of rotatable bonds is 18. The van der Waals surface area contributed by atoms with Gasteiger partial charge in [0, 0.05) is 51.4 Å². The van der Waals surface area contributed by atoms with E-state index in [1.807, 2.05) is 0 Å². The zero-order valence-electron chi connectivity index (χ0n) is 29.5. The number of nitrogens with one attached hydrogen (secondary N) is 2. The van der Waals surface area contributed by atoms with Crippen molar-refractivity contribution in [3.05, 3.63) is 29.8 Å². The molecule has 14 nitrogen and oxygen atoms in total. The number of carbonyl (C=O) groups is 4. The van der Waals surface area contributed by atoms with Crippen molar-refractivity contribution >= 4 is 33.7 Å². The lowest BCUT2D eigenvalue weighted by atomic mass is 9.82. The summed E-state index contributed by atoms with van der Waals surface area (Å²) in [6, 6.07) is 2.45. The van der Waals surface area contributed by atoms with E-state index in [2.05, 4.69) is 14.7 Å². The van der Waals surface area contributed by atoms with Crippen LogP contribution in [0.4, 0.5) is 52.7 Å². The second-order valence-corrected chi connectivity index (χ2v) is 14.4. The van der Waals surface area contributed by atoms with Crippen LogP contribution in [0.1, 0.15) is 37.7 Å². The first-order valence-corrected chi connectivity index (χ1v) is 17.9. The van der Waals surface area contributed by atoms with Crippen LogP contribution in [0.25, 0.3) is 0 Å². The molecule has 326 valence electrons. The summed E-state index contributed by atoms with van der Waals surface area (Å²) in [5.41, 5.74) is 2.82. The van der Waals surface area contributed by atoms with Gasteiger partial charge in [-0.05, 0) is 57.1 Å². The fourth-order valence-corrected chi connectivity index (χ4v) is 6.56. The summed E-state index contributed by atoms with van der Waals surface area (Å²) in [4.78, 5) is 51.1. The Morgan fingerprint density at radius 3 is 1.60 bits per heavy atom. The molecule has 4 amide bonds. The Labute approximate surface area is 316 Å². The first-order chi connectivity index (χ1) is 26.1. The van der Waals surface area contributed by atoms with Crippen molar-refractivity contribution in [2.24, 2.45) is 5.92 Å². The van der Waals surface area contributed by atoms with Gasteiger partial charge >= 0.3 is 48.3 Å². The van der Waals surface area contributed by atoms with Crippen molar-refractivity contribution in [2.75, 3.05) is 45.9 Å². The van der Waals surface area contributed by atoms with Gasteiger partial charge in [-0.3, -0.25) is 23.4 Å². The third kappa shape index (κ3) is 16.1. The van der Waals surface area contributed by atoms with Crippen molar-refractivity contribution in [1.29, 1.82) is 0 Å². The predicted molar refractivity (Wildman–Crippen MR) is 167 cm³/mol. The van der Waals surface area contributed by atoms with Gasteiger partial charge in [-0.1, -0.05) is 17.7 Å². The van der Waals surface area contributed by atoms with Crippen LogP contribution in [0.15, 0.2) is 29.2 Å². The van der Waals surface area contributed by atoms with E-state index in [0.717, 1.165) is 12.1 Å². The number of nitrogens with zero attached hydrogens (tertiary/aromatic N) is 3. The second-order valence-electron chi connectivity index (χ2n) is 12.7. The lowest BCUT2D eigenvalue weighted by Crippen LogP contribution is -2.55. The number of carbonyl (C=O) groups excluding carboxylic acids is 4. The average Bonchev–Trinajstić information content (AvgIpc) is 3.08.